The van der Waals surface area contributed by atoms with E-state index in [1.54, 1.807) is 0 Å². The van der Waals surface area contributed by atoms with E-state index in [9.17, 15) is 0 Å². The maximum atomic E-state index is 6.04. The number of benzene rings is 3. The van der Waals surface area contributed by atoms with Gasteiger partial charge in [0, 0.05) is 11.8 Å². The van der Waals surface area contributed by atoms with Crippen molar-refractivity contribution in [2.24, 2.45) is 0 Å². The molecule has 6 heteroatoms. The van der Waals surface area contributed by atoms with E-state index in [1.165, 1.54) is 16.7 Å². The summed E-state index contributed by atoms with van der Waals surface area (Å²) >= 11 is 0. The van der Waals surface area contributed by atoms with Gasteiger partial charge in [-0.3, -0.25) is 0 Å². The molecule has 0 radical (unpaired) electrons. The van der Waals surface area contributed by atoms with Crippen LogP contribution in [0.5, 0.6) is 5.75 Å². The summed E-state index contributed by atoms with van der Waals surface area (Å²) in [5.74, 6) is 1.74. The molecule has 0 amide bonds. The minimum Gasteiger partial charge on any atom is -0.487 e. The predicted molar refractivity (Wildman–Crippen MR) is 137 cm³/mol. The molecule has 0 aliphatic rings. The van der Waals surface area contributed by atoms with Crippen LogP contribution in [-0.2, 0) is 32.3 Å². The smallest absolute Gasteiger partial charge is 0.148 e. The molecule has 35 heavy (non-hydrogen) atoms. The van der Waals surface area contributed by atoms with Crippen LogP contribution < -0.4 is 4.74 Å². The van der Waals surface area contributed by atoms with E-state index < -0.39 is 0 Å². The molecule has 0 aliphatic heterocycles. The van der Waals surface area contributed by atoms with Crippen LogP contribution in [-0.4, -0.2) is 25.6 Å². The van der Waals surface area contributed by atoms with Crippen LogP contribution in [0.25, 0.3) is 10.9 Å². The van der Waals surface area contributed by atoms with Gasteiger partial charge in [0.15, 0.2) is 0 Å². The van der Waals surface area contributed by atoms with Gasteiger partial charge in [-0.2, -0.15) is 0 Å². The average Bonchev–Trinajstić information content (AvgIpc) is 3.43. The van der Waals surface area contributed by atoms with E-state index in [1.807, 2.05) is 30.3 Å². The average molecular weight is 464 g/mol. The number of rotatable bonds is 11. The van der Waals surface area contributed by atoms with E-state index >= 15 is 0 Å². The number of unbranched alkanes of at least 4 members (excludes halogenated alkanes) is 1. The molecule has 0 atom stereocenters. The highest BCUT2D eigenvalue weighted by molar-refractivity contribution is 5.78. The van der Waals surface area contributed by atoms with Crippen molar-refractivity contribution < 1.29 is 4.74 Å². The quantitative estimate of drug-likeness (QED) is 0.255. The van der Waals surface area contributed by atoms with Crippen LogP contribution in [0.4, 0.5) is 0 Å². The van der Waals surface area contributed by atoms with Crippen molar-refractivity contribution in [1.29, 1.82) is 0 Å². The molecule has 1 N–H and O–H groups in total. The van der Waals surface area contributed by atoms with Gasteiger partial charge in [0.05, 0.1) is 11.2 Å². The molecule has 6 nitrogen and oxygen atoms in total. The second-order valence-electron chi connectivity index (χ2n) is 8.80. The Morgan fingerprint density at radius 1 is 0.686 bits per heavy atom. The van der Waals surface area contributed by atoms with Gasteiger partial charge in [0.1, 0.15) is 18.2 Å². The van der Waals surface area contributed by atoms with E-state index in [-0.39, 0.29) is 0 Å². The molecule has 5 rings (SSSR count). The summed E-state index contributed by atoms with van der Waals surface area (Å²) in [6, 6.07) is 29.7. The maximum Gasteiger partial charge on any atom is 0.148 e. The van der Waals surface area contributed by atoms with Crippen LogP contribution >= 0.6 is 0 Å². The summed E-state index contributed by atoms with van der Waals surface area (Å²) in [7, 11) is 0. The Hall–Kier alpha value is -4.06. The van der Waals surface area contributed by atoms with Gasteiger partial charge in [-0.1, -0.05) is 60.7 Å². The third-order valence-electron chi connectivity index (χ3n) is 6.18. The number of nitrogens with zero attached hydrogens (tertiary/aromatic N) is 4. The summed E-state index contributed by atoms with van der Waals surface area (Å²) in [5.41, 5.74) is 5.94. The van der Waals surface area contributed by atoms with E-state index in [2.05, 4.69) is 75.2 Å². The Labute approximate surface area is 205 Å². The van der Waals surface area contributed by atoms with Crippen molar-refractivity contribution in [3.63, 3.8) is 0 Å². The largest absolute Gasteiger partial charge is 0.487 e. The van der Waals surface area contributed by atoms with Crippen molar-refractivity contribution in [2.75, 3.05) is 0 Å². The number of tetrazole rings is 1. The summed E-state index contributed by atoms with van der Waals surface area (Å²) in [6.07, 6.45) is 6.17. The summed E-state index contributed by atoms with van der Waals surface area (Å²) < 4.78 is 6.04. The lowest BCUT2D eigenvalue weighted by Gasteiger charge is -2.09. The van der Waals surface area contributed by atoms with Crippen LogP contribution in [0, 0.1) is 0 Å². The predicted octanol–water partition coefficient (Wildman–Crippen LogP) is 5.68. The van der Waals surface area contributed by atoms with Gasteiger partial charge in [-0.05, 0) is 83.5 Å². The fraction of sp³-hybridized carbons (Fsp3) is 0.241. The molecule has 5 aromatic rings. The second kappa shape index (κ2) is 11.4. The number of pyridine rings is 1. The highest BCUT2D eigenvalue weighted by Crippen LogP contribution is 2.18. The Kier molecular flexibility index (Phi) is 7.39. The van der Waals surface area contributed by atoms with Gasteiger partial charge < -0.3 is 4.74 Å². The van der Waals surface area contributed by atoms with Gasteiger partial charge in [-0.15, -0.1) is 5.10 Å². The molecule has 0 aliphatic carbocycles. The van der Waals surface area contributed by atoms with Crippen LogP contribution in [0.3, 0.4) is 0 Å². The van der Waals surface area contributed by atoms with Crippen LogP contribution in [0.2, 0.25) is 0 Å². The Balaban J connectivity index is 1.08. The summed E-state index contributed by atoms with van der Waals surface area (Å²) in [5, 5.41) is 15.1. The van der Waals surface area contributed by atoms with Crippen molar-refractivity contribution in [3.8, 4) is 5.75 Å². The first-order valence-electron chi connectivity index (χ1n) is 12.2. The maximum absolute atomic E-state index is 6.04. The van der Waals surface area contributed by atoms with E-state index in [0.29, 0.717) is 6.61 Å². The van der Waals surface area contributed by atoms with Crippen molar-refractivity contribution in [2.45, 2.75) is 45.1 Å². The lowest BCUT2D eigenvalue weighted by Crippen LogP contribution is -1.99. The molecule has 0 saturated heterocycles. The molecular weight excluding hydrogens is 434 g/mol. The number of aryl methyl sites for hydroxylation is 4. The number of nitrogens with one attached hydrogen (secondary N) is 1. The highest BCUT2D eigenvalue weighted by Gasteiger charge is 2.03. The normalized spacial score (nSPS) is 11.1. The number of ether oxygens (including phenoxy) is 1. The standard InChI is InChI=1S/C29H29N5O/c1(4-11-29-31-33-34-32-29)6-22-12-14-23(15-13-22)16-17-24-7-5-9-27(20-24)35-21-26-19-18-25-8-2-3-10-28(25)30-26/h2-3,5,7-10,12-15,18-20H,1,4,6,11,16-17,21H2,(H,31,32,33,34). The fourth-order valence-corrected chi connectivity index (χ4v) is 4.20. The fourth-order valence-electron chi connectivity index (χ4n) is 4.20. The molecule has 2 aromatic heterocycles. The molecule has 2 heterocycles. The lowest BCUT2D eigenvalue weighted by atomic mass is 10.0. The van der Waals surface area contributed by atoms with Gasteiger partial charge >= 0.3 is 0 Å². The highest BCUT2D eigenvalue weighted by atomic mass is 16.5. The SMILES string of the molecule is c1cc(CCc2ccc(CCCCc3nnn[nH]3)cc2)cc(OCc2ccc3ccccc3n2)c1. The van der Waals surface area contributed by atoms with Gasteiger partial charge in [0.25, 0.3) is 0 Å². The minimum absolute atomic E-state index is 0.463. The molecule has 0 saturated carbocycles. The summed E-state index contributed by atoms with van der Waals surface area (Å²) in [6.45, 7) is 0.463. The number of aromatic nitrogens is 5. The molecule has 0 bridgehead atoms. The zero-order valence-electron chi connectivity index (χ0n) is 19.7. The number of hydrogen-bond donors (Lipinski definition) is 1. The third kappa shape index (κ3) is 6.51. The van der Waals surface area contributed by atoms with Gasteiger partial charge in [-0.25, -0.2) is 10.1 Å². The van der Waals surface area contributed by atoms with Crippen molar-refractivity contribution >= 4 is 10.9 Å². The number of aromatic amines is 1. The van der Waals surface area contributed by atoms with Gasteiger partial charge in [0.2, 0.25) is 0 Å². The monoisotopic (exact) mass is 463 g/mol. The molecule has 0 spiro atoms. The molecule has 3 aromatic carbocycles. The number of fused-ring (bicyclic) bond motifs is 1. The lowest BCUT2D eigenvalue weighted by molar-refractivity contribution is 0.301. The van der Waals surface area contributed by atoms with E-state index in [0.717, 1.165) is 66.7 Å². The topological polar surface area (TPSA) is 76.6 Å². The van der Waals surface area contributed by atoms with Crippen LogP contribution in [0.15, 0.2) is 84.9 Å². The third-order valence-corrected chi connectivity index (χ3v) is 6.18. The number of H-pyrrole nitrogens is 1. The van der Waals surface area contributed by atoms with Crippen molar-refractivity contribution in [1.82, 2.24) is 25.6 Å². The first-order chi connectivity index (χ1) is 17.3. The van der Waals surface area contributed by atoms with Crippen molar-refractivity contribution in [3.05, 3.63) is 113 Å². The first-order valence-corrected chi connectivity index (χ1v) is 12.2. The molecule has 0 fully saturated rings. The Morgan fingerprint density at radius 3 is 2.34 bits per heavy atom. The molecule has 0 unspecified atom stereocenters. The second-order valence-corrected chi connectivity index (χ2v) is 8.80. The minimum atomic E-state index is 0.463. The Bertz CT molecular complexity index is 1350. The first kappa shape index (κ1) is 22.7. The zero-order valence-corrected chi connectivity index (χ0v) is 19.7. The molecular formula is C29H29N5O. The van der Waals surface area contributed by atoms with Crippen LogP contribution in [0.1, 0.15) is 41.1 Å². The zero-order chi connectivity index (χ0) is 23.7. The molecule has 176 valence electrons. The summed E-state index contributed by atoms with van der Waals surface area (Å²) in [4.78, 5) is 4.70. The number of para-hydroxylation sites is 1. The number of hydrogen-bond acceptors (Lipinski definition) is 5. The van der Waals surface area contributed by atoms with E-state index in [4.69, 9.17) is 9.72 Å². The Morgan fingerprint density at radius 2 is 1.49 bits per heavy atom.